The second-order valence-corrected chi connectivity index (χ2v) is 4.84. The van der Waals surface area contributed by atoms with Gasteiger partial charge in [0.15, 0.2) is 5.78 Å². The summed E-state index contributed by atoms with van der Waals surface area (Å²) in [5, 5.41) is 0.292. The molecule has 0 atom stereocenters. The monoisotopic (exact) mass is 337 g/mol. The summed E-state index contributed by atoms with van der Waals surface area (Å²) in [5.74, 6) is 0.148. The second kappa shape index (κ2) is 6.61. The summed E-state index contributed by atoms with van der Waals surface area (Å²) in [4.78, 5) is 15.3. The molecule has 0 aliphatic carbocycles. The molecule has 0 fully saturated rings. The van der Waals surface area contributed by atoms with Gasteiger partial charge in [-0.2, -0.15) is 4.39 Å². The first kappa shape index (κ1) is 14.7. The van der Waals surface area contributed by atoms with E-state index in [0.29, 0.717) is 22.3 Å². The van der Waals surface area contributed by atoms with Gasteiger partial charge in [-0.15, -0.1) is 0 Å². The van der Waals surface area contributed by atoms with Crippen LogP contribution in [-0.4, -0.2) is 16.1 Å². The van der Waals surface area contributed by atoms with Crippen molar-refractivity contribution < 1.29 is 13.9 Å². The predicted octanol–water partition coefficient (Wildman–Crippen LogP) is 3.69. The second-order valence-electron chi connectivity index (χ2n) is 4.28. The van der Waals surface area contributed by atoms with E-state index in [4.69, 9.17) is 4.74 Å². The highest BCUT2D eigenvalue weighted by molar-refractivity contribution is 9.09. The molecule has 0 aliphatic heterocycles. The van der Waals surface area contributed by atoms with E-state index >= 15 is 0 Å². The van der Waals surface area contributed by atoms with E-state index in [9.17, 15) is 9.18 Å². The highest BCUT2D eigenvalue weighted by atomic mass is 79.9. The fourth-order valence-corrected chi connectivity index (χ4v) is 2.07. The number of aryl methyl sites for hydroxylation is 1. The zero-order valence-electron chi connectivity index (χ0n) is 10.9. The molecule has 3 nitrogen and oxygen atoms in total. The van der Waals surface area contributed by atoms with Gasteiger partial charge in [0.1, 0.15) is 12.4 Å². The summed E-state index contributed by atoms with van der Waals surface area (Å²) in [6.45, 7) is 2.05. The Morgan fingerprint density at radius 3 is 2.80 bits per heavy atom. The number of ketones is 1. The Hall–Kier alpha value is -1.75. The summed E-state index contributed by atoms with van der Waals surface area (Å²) in [6, 6.07) is 9.80. The molecule has 2 rings (SSSR count). The Bertz CT molecular complexity index is 631. The van der Waals surface area contributed by atoms with Crippen molar-refractivity contribution in [1.82, 2.24) is 4.98 Å². The lowest BCUT2D eigenvalue weighted by molar-refractivity contribution is 0.102. The number of aromatic nitrogens is 1. The summed E-state index contributed by atoms with van der Waals surface area (Å²) in [6.07, 6.45) is 0. The van der Waals surface area contributed by atoms with Gasteiger partial charge in [0.25, 0.3) is 0 Å². The largest absolute Gasteiger partial charge is 0.487 e. The van der Waals surface area contributed by atoms with Gasteiger partial charge in [0.05, 0.1) is 11.0 Å². The number of carbonyl (C=O) groups is 1. The van der Waals surface area contributed by atoms with Gasteiger partial charge in [-0.3, -0.25) is 4.79 Å². The Morgan fingerprint density at radius 1 is 1.35 bits per heavy atom. The van der Waals surface area contributed by atoms with Gasteiger partial charge in [0.2, 0.25) is 5.95 Å². The van der Waals surface area contributed by atoms with Crippen molar-refractivity contribution in [3.8, 4) is 5.75 Å². The molecule has 104 valence electrons. The fourth-order valence-electron chi connectivity index (χ4n) is 1.74. The maximum Gasteiger partial charge on any atom is 0.213 e. The van der Waals surface area contributed by atoms with Crippen molar-refractivity contribution in [1.29, 1.82) is 0 Å². The van der Waals surface area contributed by atoms with Crippen LogP contribution in [0.15, 0.2) is 36.4 Å². The maximum atomic E-state index is 12.9. The molecule has 0 saturated heterocycles. The maximum absolute atomic E-state index is 12.9. The van der Waals surface area contributed by atoms with Gasteiger partial charge in [-0.1, -0.05) is 22.0 Å². The molecule has 0 amide bonds. The molecule has 0 radical (unpaired) electrons. The summed E-state index contributed by atoms with van der Waals surface area (Å²) in [7, 11) is 0. The van der Waals surface area contributed by atoms with E-state index in [2.05, 4.69) is 20.9 Å². The number of rotatable bonds is 5. The third kappa shape index (κ3) is 3.63. The van der Waals surface area contributed by atoms with Crippen LogP contribution in [-0.2, 0) is 6.61 Å². The van der Waals surface area contributed by atoms with Gasteiger partial charge in [0, 0.05) is 5.56 Å². The number of hydrogen-bond acceptors (Lipinski definition) is 3. The molecule has 0 aliphatic rings. The lowest BCUT2D eigenvalue weighted by atomic mass is 10.1. The van der Waals surface area contributed by atoms with Gasteiger partial charge in [-0.25, -0.2) is 4.98 Å². The van der Waals surface area contributed by atoms with Crippen molar-refractivity contribution in [3.05, 3.63) is 59.2 Å². The molecule has 1 aromatic heterocycles. The van der Waals surface area contributed by atoms with Crippen LogP contribution in [0.1, 0.15) is 21.6 Å². The zero-order chi connectivity index (χ0) is 14.5. The van der Waals surface area contributed by atoms with E-state index in [1.165, 1.54) is 6.07 Å². The minimum atomic E-state index is -0.527. The van der Waals surface area contributed by atoms with Crippen molar-refractivity contribution in [2.45, 2.75) is 13.5 Å². The normalized spacial score (nSPS) is 10.3. The first-order chi connectivity index (χ1) is 9.60. The molecule has 1 heterocycles. The van der Waals surface area contributed by atoms with Crippen LogP contribution >= 0.6 is 15.9 Å². The SMILES string of the molecule is Cc1cc(C(=O)CBr)ccc1OCc1cccc(F)n1. The van der Waals surface area contributed by atoms with Crippen molar-refractivity contribution in [2.75, 3.05) is 5.33 Å². The molecule has 20 heavy (non-hydrogen) atoms. The van der Waals surface area contributed by atoms with Gasteiger partial charge in [-0.05, 0) is 42.8 Å². The third-order valence-corrected chi connectivity index (χ3v) is 3.28. The minimum Gasteiger partial charge on any atom is -0.487 e. The standard InChI is InChI=1S/C15H13BrFNO2/c1-10-7-11(13(19)8-16)5-6-14(10)20-9-12-3-2-4-15(17)18-12/h2-7H,8-9H2,1H3. The van der Waals surface area contributed by atoms with Crippen LogP contribution in [0.25, 0.3) is 0 Å². The van der Waals surface area contributed by atoms with E-state index in [1.54, 1.807) is 30.3 Å². The molecule has 2 aromatic rings. The number of alkyl halides is 1. The molecule has 1 aromatic carbocycles. The van der Waals surface area contributed by atoms with Gasteiger partial charge < -0.3 is 4.74 Å². The molecule has 0 spiro atoms. The van der Waals surface area contributed by atoms with E-state index in [-0.39, 0.29) is 12.4 Å². The average molecular weight is 338 g/mol. The Kier molecular flexibility index (Phi) is 4.84. The molecular weight excluding hydrogens is 325 g/mol. The molecular formula is C15H13BrFNO2. The number of hydrogen-bond donors (Lipinski definition) is 0. The Balaban J connectivity index is 2.08. The number of pyridine rings is 1. The Morgan fingerprint density at radius 2 is 2.15 bits per heavy atom. The number of ether oxygens (including phenoxy) is 1. The summed E-state index contributed by atoms with van der Waals surface area (Å²) < 4.78 is 18.5. The Labute approximate surface area is 124 Å². The predicted molar refractivity (Wildman–Crippen MR) is 77.8 cm³/mol. The fraction of sp³-hybridized carbons (Fsp3) is 0.200. The van der Waals surface area contributed by atoms with E-state index in [1.807, 2.05) is 6.92 Å². The molecule has 5 heteroatoms. The molecule has 0 N–H and O–H groups in total. The van der Waals surface area contributed by atoms with Crippen LogP contribution < -0.4 is 4.74 Å². The van der Waals surface area contributed by atoms with Crippen molar-refractivity contribution in [3.63, 3.8) is 0 Å². The highest BCUT2D eigenvalue weighted by Gasteiger charge is 2.07. The quantitative estimate of drug-likeness (QED) is 0.474. The van der Waals surface area contributed by atoms with Crippen molar-refractivity contribution in [2.24, 2.45) is 0 Å². The van der Waals surface area contributed by atoms with Gasteiger partial charge >= 0.3 is 0 Å². The number of carbonyl (C=O) groups excluding carboxylic acids is 1. The van der Waals surface area contributed by atoms with Crippen LogP contribution in [0.3, 0.4) is 0 Å². The minimum absolute atomic E-state index is 0.0199. The number of nitrogens with zero attached hydrogens (tertiary/aromatic N) is 1. The highest BCUT2D eigenvalue weighted by Crippen LogP contribution is 2.20. The third-order valence-electron chi connectivity index (χ3n) is 2.77. The van der Waals surface area contributed by atoms with Crippen LogP contribution in [0, 0.1) is 12.9 Å². The summed E-state index contributed by atoms with van der Waals surface area (Å²) >= 11 is 3.14. The van der Waals surface area contributed by atoms with Crippen LogP contribution in [0.2, 0.25) is 0 Å². The smallest absolute Gasteiger partial charge is 0.213 e. The first-order valence-electron chi connectivity index (χ1n) is 6.04. The number of halogens is 2. The topological polar surface area (TPSA) is 39.2 Å². The van der Waals surface area contributed by atoms with E-state index in [0.717, 1.165) is 5.56 Å². The summed E-state index contributed by atoms with van der Waals surface area (Å²) in [5.41, 5.74) is 2.01. The molecule has 0 bridgehead atoms. The molecule has 0 saturated carbocycles. The van der Waals surface area contributed by atoms with Crippen molar-refractivity contribution >= 4 is 21.7 Å². The van der Waals surface area contributed by atoms with E-state index < -0.39 is 5.95 Å². The lowest BCUT2D eigenvalue weighted by Crippen LogP contribution is -2.03. The average Bonchev–Trinajstić information content (AvgIpc) is 2.45. The zero-order valence-corrected chi connectivity index (χ0v) is 12.5. The van der Waals surface area contributed by atoms with Crippen LogP contribution in [0.5, 0.6) is 5.75 Å². The number of benzene rings is 1. The first-order valence-corrected chi connectivity index (χ1v) is 7.16. The molecule has 0 unspecified atom stereocenters. The lowest BCUT2D eigenvalue weighted by Gasteiger charge is -2.10. The van der Waals surface area contributed by atoms with Crippen LogP contribution in [0.4, 0.5) is 4.39 Å². The number of Topliss-reactive ketones (excluding diaryl/α,β-unsaturated/α-hetero) is 1.